The number of carbonyl (C=O) groups excluding carboxylic acids is 1. The molecule has 0 heterocycles. The summed E-state index contributed by atoms with van der Waals surface area (Å²) in [6, 6.07) is 0.137. The van der Waals surface area contributed by atoms with Gasteiger partial charge in [0.25, 0.3) is 0 Å². The largest absolute Gasteiger partial charge is 0.396 e. The SMILES string of the molecule is CC(C)(C)NC(=O)CNC(CCO)C(C)(C)C. The van der Waals surface area contributed by atoms with Crippen LogP contribution in [-0.2, 0) is 4.79 Å². The second-order valence-corrected chi connectivity index (χ2v) is 6.61. The summed E-state index contributed by atoms with van der Waals surface area (Å²) in [7, 11) is 0. The third-order valence-electron chi connectivity index (χ3n) is 2.49. The van der Waals surface area contributed by atoms with Gasteiger partial charge in [-0.25, -0.2) is 0 Å². The third-order valence-corrected chi connectivity index (χ3v) is 2.49. The normalized spacial score (nSPS) is 14.5. The highest BCUT2D eigenvalue weighted by Crippen LogP contribution is 2.21. The van der Waals surface area contributed by atoms with E-state index in [0.717, 1.165) is 0 Å². The van der Waals surface area contributed by atoms with Gasteiger partial charge in [0.05, 0.1) is 6.54 Å². The number of amides is 1. The predicted molar refractivity (Wildman–Crippen MR) is 70.8 cm³/mol. The van der Waals surface area contributed by atoms with Crippen LogP contribution in [0.3, 0.4) is 0 Å². The zero-order chi connectivity index (χ0) is 13.7. The van der Waals surface area contributed by atoms with Crippen LogP contribution in [0.2, 0.25) is 0 Å². The highest BCUT2D eigenvalue weighted by atomic mass is 16.3. The van der Waals surface area contributed by atoms with Crippen molar-refractivity contribution in [1.82, 2.24) is 10.6 Å². The van der Waals surface area contributed by atoms with E-state index >= 15 is 0 Å². The lowest BCUT2D eigenvalue weighted by Gasteiger charge is -2.31. The van der Waals surface area contributed by atoms with Gasteiger partial charge in [0.15, 0.2) is 0 Å². The molecule has 0 aromatic rings. The van der Waals surface area contributed by atoms with Crippen molar-refractivity contribution >= 4 is 5.91 Å². The van der Waals surface area contributed by atoms with Crippen LogP contribution in [-0.4, -0.2) is 35.7 Å². The quantitative estimate of drug-likeness (QED) is 0.683. The van der Waals surface area contributed by atoms with Gasteiger partial charge < -0.3 is 15.7 Å². The maximum absolute atomic E-state index is 11.7. The van der Waals surface area contributed by atoms with Crippen molar-refractivity contribution in [3.63, 3.8) is 0 Å². The van der Waals surface area contributed by atoms with E-state index in [0.29, 0.717) is 13.0 Å². The molecule has 3 N–H and O–H groups in total. The maximum atomic E-state index is 11.7. The minimum Gasteiger partial charge on any atom is -0.396 e. The Morgan fingerprint density at radius 1 is 1.18 bits per heavy atom. The van der Waals surface area contributed by atoms with Crippen LogP contribution in [0.15, 0.2) is 0 Å². The molecule has 0 aromatic heterocycles. The van der Waals surface area contributed by atoms with Crippen LogP contribution < -0.4 is 10.6 Å². The molecular formula is C13H28N2O2. The van der Waals surface area contributed by atoms with Crippen LogP contribution in [0.4, 0.5) is 0 Å². The molecule has 0 aliphatic rings. The second kappa shape index (κ2) is 6.36. The summed E-state index contributed by atoms with van der Waals surface area (Å²) in [5, 5.41) is 15.1. The van der Waals surface area contributed by atoms with Gasteiger partial charge in [-0.05, 0) is 32.6 Å². The van der Waals surface area contributed by atoms with E-state index in [-0.39, 0.29) is 29.5 Å². The van der Waals surface area contributed by atoms with E-state index in [9.17, 15) is 4.79 Å². The van der Waals surface area contributed by atoms with E-state index in [1.54, 1.807) is 0 Å². The van der Waals surface area contributed by atoms with Crippen molar-refractivity contribution in [3.8, 4) is 0 Å². The minimum absolute atomic E-state index is 0.00955. The third kappa shape index (κ3) is 8.16. The van der Waals surface area contributed by atoms with Gasteiger partial charge in [-0.15, -0.1) is 0 Å². The van der Waals surface area contributed by atoms with Gasteiger partial charge >= 0.3 is 0 Å². The lowest BCUT2D eigenvalue weighted by Crippen LogP contribution is -2.49. The molecule has 4 heteroatoms. The Morgan fingerprint density at radius 3 is 2.06 bits per heavy atom. The Bertz CT molecular complexity index is 239. The Labute approximate surface area is 105 Å². The predicted octanol–water partition coefficient (Wildman–Crippen LogP) is 1.29. The molecule has 0 radical (unpaired) electrons. The Morgan fingerprint density at radius 2 is 1.71 bits per heavy atom. The smallest absolute Gasteiger partial charge is 0.234 e. The van der Waals surface area contributed by atoms with Crippen molar-refractivity contribution in [2.45, 2.75) is 59.5 Å². The molecule has 17 heavy (non-hydrogen) atoms. The van der Waals surface area contributed by atoms with E-state index in [1.807, 2.05) is 20.8 Å². The van der Waals surface area contributed by atoms with Gasteiger partial charge in [0, 0.05) is 18.2 Å². The molecule has 4 nitrogen and oxygen atoms in total. The Hall–Kier alpha value is -0.610. The molecule has 1 unspecified atom stereocenters. The molecular weight excluding hydrogens is 216 g/mol. The van der Waals surface area contributed by atoms with Crippen LogP contribution in [0.25, 0.3) is 0 Å². The van der Waals surface area contributed by atoms with Crippen LogP contribution in [0.1, 0.15) is 48.0 Å². The lowest BCUT2D eigenvalue weighted by atomic mass is 9.85. The number of hydrogen-bond acceptors (Lipinski definition) is 3. The van der Waals surface area contributed by atoms with Crippen LogP contribution >= 0.6 is 0 Å². The summed E-state index contributed by atoms with van der Waals surface area (Å²) in [6.07, 6.45) is 0.659. The van der Waals surface area contributed by atoms with Crippen LogP contribution in [0.5, 0.6) is 0 Å². The highest BCUT2D eigenvalue weighted by Gasteiger charge is 2.24. The van der Waals surface area contributed by atoms with Crippen LogP contribution in [0, 0.1) is 5.41 Å². The molecule has 0 saturated heterocycles. The van der Waals surface area contributed by atoms with Gasteiger partial charge in [-0.1, -0.05) is 20.8 Å². The molecule has 0 bridgehead atoms. The van der Waals surface area contributed by atoms with Gasteiger partial charge in [-0.3, -0.25) is 4.79 Å². The van der Waals surface area contributed by atoms with E-state index in [1.165, 1.54) is 0 Å². The molecule has 0 aromatic carbocycles. The van der Waals surface area contributed by atoms with Crippen molar-refractivity contribution in [2.24, 2.45) is 5.41 Å². The summed E-state index contributed by atoms with van der Waals surface area (Å²) in [6.45, 7) is 12.6. The summed E-state index contributed by atoms with van der Waals surface area (Å²) in [5.41, 5.74) is -0.169. The average Bonchev–Trinajstić information content (AvgIpc) is 2.07. The topological polar surface area (TPSA) is 61.4 Å². The Balaban J connectivity index is 4.18. The zero-order valence-corrected chi connectivity index (χ0v) is 12.1. The summed E-state index contributed by atoms with van der Waals surface area (Å²) >= 11 is 0. The highest BCUT2D eigenvalue weighted by molar-refractivity contribution is 5.78. The van der Waals surface area contributed by atoms with Gasteiger partial charge in [-0.2, -0.15) is 0 Å². The molecule has 0 saturated carbocycles. The number of nitrogens with one attached hydrogen (secondary N) is 2. The summed E-state index contributed by atoms with van der Waals surface area (Å²) in [4.78, 5) is 11.7. The maximum Gasteiger partial charge on any atom is 0.234 e. The molecule has 0 aliphatic carbocycles. The standard InChI is InChI=1S/C13H28N2O2/c1-12(2,3)10(7-8-16)14-9-11(17)15-13(4,5)6/h10,14,16H,7-9H2,1-6H3,(H,15,17). The number of aliphatic hydroxyl groups is 1. The number of hydrogen-bond donors (Lipinski definition) is 3. The van der Waals surface area contributed by atoms with E-state index in [4.69, 9.17) is 5.11 Å². The van der Waals surface area contributed by atoms with E-state index < -0.39 is 0 Å². The van der Waals surface area contributed by atoms with E-state index in [2.05, 4.69) is 31.4 Å². The minimum atomic E-state index is -0.201. The molecule has 0 fully saturated rings. The number of rotatable bonds is 5. The summed E-state index contributed by atoms with van der Waals surface area (Å²) in [5.74, 6) is -0.00955. The molecule has 0 aliphatic heterocycles. The number of aliphatic hydroxyl groups excluding tert-OH is 1. The molecule has 102 valence electrons. The van der Waals surface area contributed by atoms with Crippen molar-refractivity contribution in [1.29, 1.82) is 0 Å². The van der Waals surface area contributed by atoms with Crippen molar-refractivity contribution in [2.75, 3.05) is 13.2 Å². The average molecular weight is 244 g/mol. The van der Waals surface area contributed by atoms with Crippen molar-refractivity contribution < 1.29 is 9.90 Å². The summed E-state index contributed by atoms with van der Waals surface area (Å²) < 4.78 is 0. The first kappa shape index (κ1) is 16.4. The monoisotopic (exact) mass is 244 g/mol. The first-order chi connectivity index (χ1) is 7.56. The lowest BCUT2D eigenvalue weighted by molar-refractivity contribution is -0.121. The first-order valence-corrected chi connectivity index (χ1v) is 6.21. The van der Waals surface area contributed by atoms with Gasteiger partial charge in [0.2, 0.25) is 5.91 Å². The number of carbonyl (C=O) groups is 1. The molecule has 0 rings (SSSR count). The first-order valence-electron chi connectivity index (χ1n) is 6.21. The van der Waals surface area contributed by atoms with Crippen molar-refractivity contribution in [3.05, 3.63) is 0 Å². The Kier molecular flexibility index (Phi) is 6.13. The fourth-order valence-corrected chi connectivity index (χ4v) is 1.65. The fraction of sp³-hybridized carbons (Fsp3) is 0.923. The fourth-order valence-electron chi connectivity index (χ4n) is 1.65. The molecule has 1 amide bonds. The molecule has 0 spiro atoms. The second-order valence-electron chi connectivity index (χ2n) is 6.61. The zero-order valence-electron chi connectivity index (χ0n) is 12.1. The molecule has 1 atom stereocenters. The van der Waals surface area contributed by atoms with Gasteiger partial charge in [0.1, 0.15) is 0 Å².